The van der Waals surface area contributed by atoms with E-state index in [1.165, 1.54) is 6.07 Å². The van der Waals surface area contributed by atoms with Crippen LogP contribution < -0.4 is 0 Å². The minimum atomic E-state index is -0.141. The van der Waals surface area contributed by atoms with Crippen LogP contribution in [0, 0.1) is 18.7 Å². The Bertz CT molecular complexity index is 322. The van der Waals surface area contributed by atoms with Crippen LogP contribution in [-0.4, -0.2) is 11.7 Å². The number of rotatable bonds is 4. The van der Waals surface area contributed by atoms with E-state index in [1.807, 2.05) is 26.8 Å². The van der Waals surface area contributed by atoms with Crippen molar-refractivity contribution in [3.63, 3.8) is 0 Å². The fraction of sp³-hybridized carbons (Fsp3) is 0.538. The highest BCUT2D eigenvalue weighted by molar-refractivity contribution is 5.27. The molecule has 1 N–H and O–H groups in total. The number of aliphatic hydroxyl groups is 1. The van der Waals surface area contributed by atoms with Crippen LogP contribution in [0.3, 0.4) is 0 Å². The molecule has 1 nitrogen and oxygen atoms in total. The van der Waals surface area contributed by atoms with Crippen LogP contribution in [-0.2, 0) is 0 Å². The van der Waals surface area contributed by atoms with Crippen molar-refractivity contribution in [2.24, 2.45) is 5.92 Å². The summed E-state index contributed by atoms with van der Waals surface area (Å²) in [6.07, 6.45) is 0.717. The van der Waals surface area contributed by atoms with Gasteiger partial charge in [-0.25, -0.2) is 4.39 Å². The zero-order valence-electron chi connectivity index (χ0n) is 9.63. The Kier molecular flexibility index (Phi) is 4.28. The van der Waals surface area contributed by atoms with Crippen LogP contribution in [0.5, 0.6) is 0 Å². The second-order valence-corrected chi connectivity index (χ2v) is 4.30. The lowest BCUT2D eigenvalue weighted by molar-refractivity contribution is 0.251. The SMILES string of the molecule is Cc1ccc(F)c(C(C)C(C)CCO)c1. The molecule has 0 aliphatic heterocycles. The van der Waals surface area contributed by atoms with E-state index in [-0.39, 0.29) is 18.3 Å². The molecule has 0 aliphatic carbocycles. The number of aliphatic hydroxyl groups excluding tert-OH is 1. The summed E-state index contributed by atoms with van der Waals surface area (Å²) in [7, 11) is 0. The molecule has 84 valence electrons. The molecule has 0 saturated heterocycles. The number of aryl methyl sites for hydroxylation is 1. The Hall–Kier alpha value is -0.890. The quantitative estimate of drug-likeness (QED) is 0.808. The molecule has 0 aliphatic rings. The van der Waals surface area contributed by atoms with E-state index in [0.717, 1.165) is 11.1 Å². The minimum absolute atomic E-state index is 0.141. The third-order valence-electron chi connectivity index (χ3n) is 3.08. The van der Waals surface area contributed by atoms with Gasteiger partial charge in [-0.3, -0.25) is 0 Å². The van der Waals surface area contributed by atoms with Crippen molar-refractivity contribution in [2.75, 3.05) is 6.61 Å². The van der Waals surface area contributed by atoms with Gasteiger partial charge >= 0.3 is 0 Å². The molecule has 0 radical (unpaired) electrons. The van der Waals surface area contributed by atoms with E-state index in [1.54, 1.807) is 6.07 Å². The molecule has 0 aromatic heterocycles. The van der Waals surface area contributed by atoms with Crippen molar-refractivity contribution in [2.45, 2.75) is 33.1 Å². The largest absolute Gasteiger partial charge is 0.396 e. The van der Waals surface area contributed by atoms with Crippen LogP contribution in [0.2, 0.25) is 0 Å². The number of halogens is 1. The molecular weight excluding hydrogens is 191 g/mol. The van der Waals surface area contributed by atoms with Gasteiger partial charge in [0, 0.05) is 6.61 Å². The second-order valence-electron chi connectivity index (χ2n) is 4.30. The predicted molar refractivity (Wildman–Crippen MR) is 60.4 cm³/mol. The van der Waals surface area contributed by atoms with Crippen LogP contribution in [0.1, 0.15) is 37.3 Å². The Morgan fingerprint density at radius 3 is 2.60 bits per heavy atom. The van der Waals surface area contributed by atoms with E-state index >= 15 is 0 Å². The van der Waals surface area contributed by atoms with Gasteiger partial charge in [0.15, 0.2) is 0 Å². The number of hydrogen-bond acceptors (Lipinski definition) is 1. The highest BCUT2D eigenvalue weighted by atomic mass is 19.1. The van der Waals surface area contributed by atoms with Gasteiger partial charge in [0.05, 0.1) is 0 Å². The standard InChI is InChI=1S/C13H19FO/c1-9-4-5-13(14)12(8-9)11(3)10(2)6-7-15/h4-5,8,10-11,15H,6-7H2,1-3H3. The Labute approximate surface area is 90.9 Å². The first-order valence-corrected chi connectivity index (χ1v) is 5.43. The summed E-state index contributed by atoms with van der Waals surface area (Å²) in [5.41, 5.74) is 1.84. The number of benzene rings is 1. The normalized spacial score (nSPS) is 15.0. The molecule has 2 unspecified atom stereocenters. The van der Waals surface area contributed by atoms with E-state index in [4.69, 9.17) is 5.11 Å². The molecular formula is C13H19FO. The Morgan fingerprint density at radius 1 is 1.33 bits per heavy atom. The van der Waals surface area contributed by atoms with E-state index in [2.05, 4.69) is 0 Å². The molecule has 2 atom stereocenters. The molecule has 1 rings (SSSR count). The number of hydrogen-bond donors (Lipinski definition) is 1. The molecule has 0 fully saturated rings. The second kappa shape index (κ2) is 5.26. The topological polar surface area (TPSA) is 20.2 Å². The Morgan fingerprint density at radius 2 is 2.00 bits per heavy atom. The molecule has 0 heterocycles. The molecule has 2 heteroatoms. The maximum atomic E-state index is 13.6. The third-order valence-corrected chi connectivity index (χ3v) is 3.08. The first-order valence-electron chi connectivity index (χ1n) is 5.43. The van der Waals surface area contributed by atoms with Gasteiger partial charge in [0.25, 0.3) is 0 Å². The fourth-order valence-corrected chi connectivity index (χ4v) is 1.77. The van der Waals surface area contributed by atoms with Crippen molar-refractivity contribution < 1.29 is 9.50 Å². The van der Waals surface area contributed by atoms with Gasteiger partial charge in [0.1, 0.15) is 5.82 Å². The van der Waals surface area contributed by atoms with Gasteiger partial charge in [-0.2, -0.15) is 0 Å². The lowest BCUT2D eigenvalue weighted by atomic mass is 9.86. The zero-order chi connectivity index (χ0) is 11.4. The van der Waals surface area contributed by atoms with Gasteiger partial charge in [-0.1, -0.05) is 31.5 Å². The van der Waals surface area contributed by atoms with Crippen molar-refractivity contribution in [1.82, 2.24) is 0 Å². The predicted octanol–water partition coefficient (Wildman–Crippen LogP) is 3.26. The van der Waals surface area contributed by atoms with Gasteiger partial charge in [-0.05, 0) is 36.8 Å². The smallest absolute Gasteiger partial charge is 0.126 e. The van der Waals surface area contributed by atoms with Crippen LogP contribution in [0.15, 0.2) is 18.2 Å². The fourth-order valence-electron chi connectivity index (χ4n) is 1.77. The molecule has 1 aromatic rings. The molecule has 0 amide bonds. The summed E-state index contributed by atoms with van der Waals surface area (Å²) in [4.78, 5) is 0. The molecule has 0 spiro atoms. The lowest BCUT2D eigenvalue weighted by Gasteiger charge is -2.20. The first kappa shape index (κ1) is 12.2. The van der Waals surface area contributed by atoms with Crippen molar-refractivity contribution in [3.05, 3.63) is 35.1 Å². The van der Waals surface area contributed by atoms with Gasteiger partial charge in [-0.15, -0.1) is 0 Å². The lowest BCUT2D eigenvalue weighted by Crippen LogP contribution is -2.10. The van der Waals surface area contributed by atoms with Crippen LogP contribution in [0.25, 0.3) is 0 Å². The molecule has 0 bridgehead atoms. The van der Waals surface area contributed by atoms with E-state index in [0.29, 0.717) is 12.3 Å². The molecule has 1 aromatic carbocycles. The highest BCUT2D eigenvalue weighted by Crippen LogP contribution is 2.28. The summed E-state index contributed by atoms with van der Waals surface area (Å²) in [6, 6.07) is 5.20. The zero-order valence-corrected chi connectivity index (χ0v) is 9.63. The van der Waals surface area contributed by atoms with Crippen molar-refractivity contribution >= 4 is 0 Å². The summed E-state index contributed by atoms with van der Waals surface area (Å²) in [6.45, 7) is 6.19. The average molecular weight is 210 g/mol. The van der Waals surface area contributed by atoms with E-state index < -0.39 is 0 Å². The summed E-state index contributed by atoms with van der Waals surface area (Å²) in [5, 5.41) is 8.86. The summed E-state index contributed by atoms with van der Waals surface area (Å²) in [5.74, 6) is 0.307. The highest BCUT2D eigenvalue weighted by Gasteiger charge is 2.17. The third kappa shape index (κ3) is 3.03. The molecule has 15 heavy (non-hydrogen) atoms. The molecule has 0 saturated carbocycles. The van der Waals surface area contributed by atoms with Crippen molar-refractivity contribution in [1.29, 1.82) is 0 Å². The monoisotopic (exact) mass is 210 g/mol. The van der Waals surface area contributed by atoms with Crippen molar-refractivity contribution in [3.8, 4) is 0 Å². The average Bonchev–Trinajstić information content (AvgIpc) is 2.21. The van der Waals surface area contributed by atoms with E-state index in [9.17, 15) is 4.39 Å². The Balaban J connectivity index is 2.89. The van der Waals surface area contributed by atoms with Crippen LogP contribution in [0.4, 0.5) is 4.39 Å². The maximum Gasteiger partial charge on any atom is 0.126 e. The maximum absolute atomic E-state index is 13.6. The summed E-state index contributed by atoms with van der Waals surface area (Å²) < 4.78 is 13.6. The van der Waals surface area contributed by atoms with Gasteiger partial charge in [0.2, 0.25) is 0 Å². The van der Waals surface area contributed by atoms with Gasteiger partial charge < -0.3 is 5.11 Å². The summed E-state index contributed by atoms with van der Waals surface area (Å²) >= 11 is 0. The minimum Gasteiger partial charge on any atom is -0.396 e. The van der Waals surface area contributed by atoms with Crippen LogP contribution >= 0.6 is 0 Å². The first-order chi connectivity index (χ1) is 7.06.